The molecule has 2 fully saturated rings. The van der Waals surface area contributed by atoms with Crippen molar-refractivity contribution >= 4 is 5.91 Å². The molecule has 4 heterocycles. The van der Waals surface area contributed by atoms with Gasteiger partial charge in [0.05, 0.1) is 13.1 Å². The summed E-state index contributed by atoms with van der Waals surface area (Å²) in [6.45, 7) is 14.4. The van der Waals surface area contributed by atoms with Crippen molar-refractivity contribution in [2.24, 2.45) is 10.8 Å². The smallest absolute Gasteiger partial charge is 0.253 e. The molecule has 8 nitrogen and oxygen atoms in total. The minimum absolute atomic E-state index is 0.166. The predicted octanol–water partition coefficient (Wildman–Crippen LogP) is 4.70. The van der Waals surface area contributed by atoms with Crippen LogP contribution in [-0.2, 0) is 19.6 Å². The molecule has 0 bridgehead atoms. The Bertz CT molecular complexity index is 1090. The van der Waals surface area contributed by atoms with Gasteiger partial charge in [-0.15, -0.1) is 0 Å². The van der Waals surface area contributed by atoms with Crippen LogP contribution in [0.3, 0.4) is 0 Å². The monoisotopic (exact) mass is 517 g/mol. The van der Waals surface area contributed by atoms with E-state index in [0.29, 0.717) is 23.9 Å². The predicted molar refractivity (Wildman–Crippen MR) is 149 cm³/mol. The number of hydrogen-bond donors (Lipinski definition) is 2. The van der Waals surface area contributed by atoms with E-state index in [1.54, 1.807) is 12.4 Å². The Hall–Kier alpha value is -2.97. The summed E-state index contributed by atoms with van der Waals surface area (Å²) in [5.74, 6) is 2.01. The normalized spacial score (nSPS) is 18.4. The Morgan fingerprint density at radius 2 is 1.42 bits per heavy atom. The molecule has 38 heavy (non-hydrogen) atoms. The van der Waals surface area contributed by atoms with E-state index in [2.05, 4.69) is 67.5 Å². The molecule has 204 valence electrons. The number of hydrogen-bond acceptors (Lipinski definition) is 5. The van der Waals surface area contributed by atoms with Gasteiger partial charge in [-0.25, -0.2) is 9.97 Å². The van der Waals surface area contributed by atoms with E-state index in [-0.39, 0.29) is 5.91 Å². The van der Waals surface area contributed by atoms with E-state index in [1.165, 1.54) is 38.0 Å². The van der Waals surface area contributed by atoms with Gasteiger partial charge in [0.15, 0.2) is 0 Å². The lowest BCUT2D eigenvalue weighted by Crippen LogP contribution is -2.49. The average molecular weight is 518 g/mol. The lowest BCUT2D eigenvalue weighted by Gasteiger charge is -2.47. The number of aromatic amines is 2. The number of benzene rings is 1. The highest BCUT2D eigenvalue weighted by Crippen LogP contribution is 2.42. The molecule has 2 aliphatic heterocycles. The van der Waals surface area contributed by atoms with Gasteiger partial charge in [0.2, 0.25) is 0 Å². The number of carbonyl (C=O) groups is 1. The van der Waals surface area contributed by atoms with Gasteiger partial charge in [-0.1, -0.05) is 32.9 Å². The summed E-state index contributed by atoms with van der Waals surface area (Å²) < 4.78 is 0. The second-order valence-electron chi connectivity index (χ2n) is 12.5. The first-order valence-corrected chi connectivity index (χ1v) is 14.1. The van der Waals surface area contributed by atoms with Crippen molar-refractivity contribution in [2.75, 3.05) is 32.7 Å². The van der Waals surface area contributed by atoms with E-state index < -0.39 is 0 Å². The van der Waals surface area contributed by atoms with Crippen LogP contribution in [0.5, 0.6) is 0 Å². The molecule has 0 radical (unpaired) electrons. The molecule has 2 aromatic heterocycles. The number of nitrogens with one attached hydrogen (secondary N) is 2. The number of rotatable bonds is 8. The Labute approximate surface area is 226 Å². The van der Waals surface area contributed by atoms with Crippen LogP contribution in [0.15, 0.2) is 49.1 Å². The number of likely N-dealkylation sites (tertiary alicyclic amines) is 2. The summed E-state index contributed by atoms with van der Waals surface area (Å²) in [6.07, 6.45) is 12.1. The molecule has 1 aromatic carbocycles. The third-order valence-electron chi connectivity index (χ3n) is 8.19. The molecule has 1 amide bonds. The van der Waals surface area contributed by atoms with Crippen LogP contribution in [0, 0.1) is 10.8 Å². The molecule has 0 saturated carbocycles. The summed E-state index contributed by atoms with van der Waals surface area (Å²) in [7, 11) is 0. The van der Waals surface area contributed by atoms with Crippen LogP contribution in [0.2, 0.25) is 0 Å². The quantitative estimate of drug-likeness (QED) is 0.453. The summed E-state index contributed by atoms with van der Waals surface area (Å²) in [5, 5.41) is 0. The number of nitrogens with zero attached hydrogens (tertiary/aromatic N) is 5. The zero-order valence-corrected chi connectivity index (χ0v) is 23.2. The van der Waals surface area contributed by atoms with Gasteiger partial charge in [-0.2, -0.15) is 0 Å². The number of piperidine rings is 2. The molecule has 3 aromatic rings. The van der Waals surface area contributed by atoms with Gasteiger partial charge in [0.25, 0.3) is 5.91 Å². The molecule has 2 N–H and O–H groups in total. The number of carbonyl (C=O) groups excluding carboxylic acids is 1. The fourth-order valence-corrected chi connectivity index (χ4v) is 6.09. The highest BCUT2D eigenvalue weighted by atomic mass is 16.2. The van der Waals surface area contributed by atoms with E-state index in [0.717, 1.165) is 49.7 Å². The van der Waals surface area contributed by atoms with Crippen molar-refractivity contribution < 1.29 is 4.79 Å². The first-order chi connectivity index (χ1) is 18.3. The largest absolute Gasteiger partial charge is 0.348 e. The van der Waals surface area contributed by atoms with Crippen LogP contribution in [0.1, 0.15) is 74.0 Å². The van der Waals surface area contributed by atoms with Gasteiger partial charge >= 0.3 is 0 Å². The van der Waals surface area contributed by atoms with E-state index >= 15 is 0 Å². The average Bonchev–Trinajstić information content (AvgIpc) is 3.60. The molecule has 0 atom stereocenters. The van der Waals surface area contributed by atoms with E-state index in [1.807, 2.05) is 24.5 Å². The maximum Gasteiger partial charge on any atom is 0.253 e. The molecule has 5 rings (SSSR count). The molecule has 1 spiro atoms. The zero-order chi connectivity index (χ0) is 26.6. The summed E-state index contributed by atoms with van der Waals surface area (Å²) in [5.41, 5.74) is 2.74. The van der Waals surface area contributed by atoms with Gasteiger partial charge in [0.1, 0.15) is 11.6 Å². The van der Waals surface area contributed by atoms with Crippen LogP contribution in [0.25, 0.3) is 0 Å². The number of aromatic nitrogens is 4. The van der Waals surface area contributed by atoms with Gasteiger partial charge in [-0.05, 0) is 67.3 Å². The molecule has 0 aliphatic carbocycles. The molecule has 0 unspecified atom stereocenters. The third-order valence-corrected chi connectivity index (χ3v) is 8.19. The van der Waals surface area contributed by atoms with Crippen LogP contribution in [0.4, 0.5) is 0 Å². The molecule has 2 aliphatic rings. The number of amides is 1. The molecular weight excluding hydrogens is 474 g/mol. The van der Waals surface area contributed by atoms with E-state index in [9.17, 15) is 4.79 Å². The van der Waals surface area contributed by atoms with Crippen molar-refractivity contribution in [3.63, 3.8) is 0 Å². The summed E-state index contributed by atoms with van der Waals surface area (Å²) in [4.78, 5) is 35.5. The summed E-state index contributed by atoms with van der Waals surface area (Å²) >= 11 is 0. The molecule has 2 saturated heterocycles. The van der Waals surface area contributed by atoms with Crippen LogP contribution in [-0.4, -0.2) is 73.3 Å². The van der Waals surface area contributed by atoms with Crippen LogP contribution >= 0.6 is 0 Å². The van der Waals surface area contributed by atoms with Crippen LogP contribution < -0.4 is 0 Å². The summed E-state index contributed by atoms with van der Waals surface area (Å²) in [6, 6.07) is 8.15. The highest BCUT2D eigenvalue weighted by Gasteiger charge is 2.39. The van der Waals surface area contributed by atoms with Gasteiger partial charge in [0, 0.05) is 56.5 Å². The van der Waals surface area contributed by atoms with Gasteiger partial charge < -0.3 is 19.8 Å². The maximum atomic E-state index is 13.3. The fourth-order valence-electron chi connectivity index (χ4n) is 6.09. The molecular formula is C30H43N7O. The van der Waals surface area contributed by atoms with Gasteiger partial charge in [-0.3, -0.25) is 9.69 Å². The standard InChI is InChI=1S/C30H43N7O/c1-29(2,3)23-35-16-8-30(9-17-35)10-18-37(19-11-30)28(38)25-6-4-24(5-7-25)20-36(21-26-31-12-13-32-26)22-27-33-14-15-34-27/h4-7,12-15H,8-11,16-23H2,1-3H3,(H,31,32)(H,33,34). The Morgan fingerprint density at radius 3 is 1.92 bits per heavy atom. The number of H-pyrrole nitrogens is 2. The van der Waals surface area contributed by atoms with Crippen molar-refractivity contribution in [1.82, 2.24) is 34.6 Å². The third kappa shape index (κ3) is 6.91. The minimum atomic E-state index is 0.166. The SMILES string of the molecule is CC(C)(C)CN1CCC2(CC1)CCN(C(=O)c1ccc(CN(Cc3ncc[nH]3)Cc3ncc[nH]3)cc1)CC2. The second kappa shape index (κ2) is 11.4. The fraction of sp³-hybridized carbons (Fsp3) is 0.567. The van der Waals surface area contributed by atoms with Crippen molar-refractivity contribution in [2.45, 2.75) is 66.1 Å². The lowest BCUT2D eigenvalue weighted by atomic mass is 9.71. The Balaban J connectivity index is 1.14. The first kappa shape index (κ1) is 26.6. The van der Waals surface area contributed by atoms with Crippen molar-refractivity contribution in [3.05, 3.63) is 71.8 Å². The minimum Gasteiger partial charge on any atom is -0.348 e. The Kier molecular flexibility index (Phi) is 8.00. The first-order valence-electron chi connectivity index (χ1n) is 14.1. The van der Waals surface area contributed by atoms with Crippen molar-refractivity contribution in [3.8, 4) is 0 Å². The molecule has 8 heteroatoms. The van der Waals surface area contributed by atoms with Crippen molar-refractivity contribution in [1.29, 1.82) is 0 Å². The second-order valence-corrected chi connectivity index (χ2v) is 12.5. The van der Waals surface area contributed by atoms with E-state index in [4.69, 9.17) is 0 Å². The Morgan fingerprint density at radius 1 is 0.868 bits per heavy atom. The lowest BCUT2D eigenvalue weighted by molar-refractivity contribution is 0.0230. The number of imidazole rings is 2. The topological polar surface area (TPSA) is 84.2 Å². The zero-order valence-electron chi connectivity index (χ0n) is 23.2. The highest BCUT2D eigenvalue weighted by molar-refractivity contribution is 5.94. The maximum absolute atomic E-state index is 13.3.